The first-order valence-corrected chi connectivity index (χ1v) is 11.2. The monoisotopic (exact) mass is 484 g/mol. The molecule has 0 fully saturated rings. The van der Waals surface area contributed by atoms with E-state index in [1.165, 1.54) is 7.11 Å². The standard InChI is InChI=1S/C26H29ClN2O5/c1-16-24(26(28)31)25(18-7-5-6-8-19(18)27)20(10-12-23(30)34-4)29(16)14-13-17-9-11-21(32-2)22(15-17)33-3/h5-9,11,15H,10,12-14H2,1-4H3,(H2,28,31). The minimum Gasteiger partial charge on any atom is -0.493 e. The molecular weight excluding hydrogens is 456 g/mol. The molecule has 3 rings (SSSR count). The summed E-state index contributed by atoms with van der Waals surface area (Å²) in [7, 11) is 4.54. The maximum absolute atomic E-state index is 12.6. The molecule has 1 amide bonds. The lowest BCUT2D eigenvalue weighted by Crippen LogP contribution is -2.14. The number of nitrogens with two attached hydrogens (primary N) is 1. The number of nitrogens with zero attached hydrogens (tertiary/aromatic N) is 1. The summed E-state index contributed by atoms with van der Waals surface area (Å²) >= 11 is 6.52. The van der Waals surface area contributed by atoms with E-state index in [1.807, 2.05) is 47.9 Å². The number of benzene rings is 2. The minimum atomic E-state index is -0.545. The van der Waals surface area contributed by atoms with E-state index in [4.69, 9.17) is 31.5 Å². The van der Waals surface area contributed by atoms with Crippen molar-refractivity contribution in [1.82, 2.24) is 4.57 Å². The zero-order valence-corrected chi connectivity index (χ0v) is 20.6. The Bertz CT molecular complexity index is 1200. The Labute approximate surface area is 204 Å². The molecule has 0 radical (unpaired) electrons. The number of esters is 1. The van der Waals surface area contributed by atoms with Crippen molar-refractivity contribution in [1.29, 1.82) is 0 Å². The average molecular weight is 485 g/mol. The molecule has 0 saturated carbocycles. The second-order valence-corrected chi connectivity index (χ2v) is 8.20. The summed E-state index contributed by atoms with van der Waals surface area (Å²) in [6.07, 6.45) is 1.18. The van der Waals surface area contributed by atoms with E-state index in [9.17, 15) is 9.59 Å². The van der Waals surface area contributed by atoms with Gasteiger partial charge in [0.2, 0.25) is 0 Å². The number of aryl methyl sites for hydroxylation is 1. The lowest BCUT2D eigenvalue weighted by Gasteiger charge is -2.15. The number of amides is 1. The van der Waals surface area contributed by atoms with Crippen molar-refractivity contribution in [3.05, 3.63) is 70.0 Å². The fourth-order valence-electron chi connectivity index (χ4n) is 4.22. The third-order valence-corrected chi connectivity index (χ3v) is 6.22. The summed E-state index contributed by atoms with van der Waals surface area (Å²) in [4.78, 5) is 24.5. The first kappa shape index (κ1) is 25.2. The first-order chi connectivity index (χ1) is 16.3. The summed E-state index contributed by atoms with van der Waals surface area (Å²) < 4.78 is 17.6. The molecular formula is C26H29ClN2O5. The average Bonchev–Trinajstić information content (AvgIpc) is 3.12. The highest BCUT2D eigenvalue weighted by atomic mass is 35.5. The van der Waals surface area contributed by atoms with E-state index in [0.29, 0.717) is 52.6 Å². The normalized spacial score (nSPS) is 10.7. The predicted molar refractivity (Wildman–Crippen MR) is 132 cm³/mol. The molecule has 2 aromatic carbocycles. The Morgan fingerprint density at radius 3 is 2.32 bits per heavy atom. The molecule has 1 aromatic heterocycles. The van der Waals surface area contributed by atoms with Gasteiger partial charge in [-0.1, -0.05) is 35.9 Å². The van der Waals surface area contributed by atoms with E-state index in [2.05, 4.69) is 0 Å². The number of aromatic nitrogens is 1. The van der Waals surface area contributed by atoms with Crippen LogP contribution in [-0.2, 0) is 28.9 Å². The van der Waals surface area contributed by atoms with Crippen LogP contribution in [0.3, 0.4) is 0 Å². The molecule has 0 aliphatic heterocycles. The van der Waals surface area contributed by atoms with E-state index < -0.39 is 5.91 Å². The van der Waals surface area contributed by atoms with Crippen LogP contribution >= 0.6 is 11.6 Å². The SMILES string of the molecule is COC(=O)CCc1c(-c2ccccc2Cl)c(C(N)=O)c(C)n1CCc1ccc(OC)c(OC)c1. The third kappa shape index (κ3) is 5.20. The van der Waals surface area contributed by atoms with Crippen LogP contribution in [0.25, 0.3) is 11.1 Å². The van der Waals surface area contributed by atoms with Crippen molar-refractivity contribution < 1.29 is 23.8 Å². The van der Waals surface area contributed by atoms with Crippen molar-refractivity contribution in [2.45, 2.75) is 32.7 Å². The minimum absolute atomic E-state index is 0.159. The fourth-order valence-corrected chi connectivity index (χ4v) is 4.45. The molecule has 2 N–H and O–H groups in total. The molecule has 180 valence electrons. The van der Waals surface area contributed by atoms with Gasteiger partial charge in [0.15, 0.2) is 11.5 Å². The van der Waals surface area contributed by atoms with Gasteiger partial charge in [-0.15, -0.1) is 0 Å². The summed E-state index contributed by atoms with van der Waals surface area (Å²) in [5.41, 5.74) is 10.2. The number of carbonyl (C=O) groups is 2. The summed E-state index contributed by atoms with van der Waals surface area (Å²) in [6.45, 7) is 2.42. The molecule has 8 heteroatoms. The van der Waals surface area contributed by atoms with Gasteiger partial charge < -0.3 is 24.5 Å². The van der Waals surface area contributed by atoms with E-state index in [-0.39, 0.29) is 12.4 Å². The molecule has 3 aromatic rings. The van der Waals surface area contributed by atoms with Crippen LogP contribution in [0.15, 0.2) is 42.5 Å². The van der Waals surface area contributed by atoms with Gasteiger partial charge in [0, 0.05) is 34.1 Å². The van der Waals surface area contributed by atoms with Gasteiger partial charge >= 0.3 is 5.97 Å². The highest BCUT2D eigenvalue weighted by molar-refractivity contribution is 6.33. The number of carbonyl (C=O) groups excluding carboxylic acids is 2. The Balaban J connectivity index is 2.10. The fraction of sp³-hybridized carbons (Fsp3) is 0.308. The maximum Gasteiger partial charge on any atom is 0.305 e. The molecule has 0 aliphatic carbocycles. The molecule has 0 unspecified atom stereocenters. The molecule has 0 spiro atoms. The van der Waals surface area contributed by atoms with Crippen LogP contribution in [0.5, 0.6) is 11.5 Å². The van der Waals surface area contributed by atoms with Crippen LogP contribution < -0.4 is 15.2 Å². The summed E-state index contributed by atoms with van der Waals surface area (Å²) in [6, 6.07) is 13.1. The van der Waals surface area contributed by atoms with Gasteiger partial charge in [-0.25, -0.2) is 0 Å². The van der Waals surface area contributed by atoms with Crippen molar-refractivity contribution in [3.63, 3.8) is 0 Å². The molecule has 34 heavy (non-hydrogen) atoms. The van der Waals surface area contributed by atoms with Gasteiger partial charge in [-0.2, -0.15) is 0 Å². The van der Waals surface area contributed by atoms with Crippen molar-refractivity contribution in [2.24, 2.45) is 5.73 Å². The predicted octanol–water partition coefficient (Wildman–Crippen LogP) is 4.58. The molecule has 0 atom stereocenters. The van der Waals surface area contributed by atoms with Gasteiger partial charge in [0.05, 0.1) is 33.3 Å². The highest BCUT2D eigenvalue weighted by Crippen LogP contribution is 2.38. The highest BCUT2D eigenvalue weighted by Gasteiger charge is 2.26. The summed E-state index contributed by atoms with van der Waals surface area (Å²) in [5.74, 6) is 0.413. The largest absolute Gasteiger partial charge is 0.493 e. The second kappa shape index (κ2) is 11.1. The number of methoxy groups -OCH3 is 3. The lowest BCUT2D eigenvalue weighted by atomic mass is 9.98. The quantitative estimate of drug-likeness (QED) is 0.425. The molecule has 0 bridgehead atoms. The number of rotatable bonds is 10. The number of hydrogen-bond donors (Lipinski definition) is 1. The first-order valence-electron chi connectivity index (χ1n) is 10.9. The van der Waals surface area contributed by atoms with Gasteiger partial charge in [0.25, 0.3) is 5.91 Å². The van der Waals surface area contributed by atoms with Crippen LogP contribution in [0.2, 0.25) is 5.02 Å². The molecule has 0 aliphatic rings. The van der Waals surface area contributed by atoms with Crippen LogP contribution in [-0.4, -0.2) is 37.8 Å². The van der Waals surface area contributed by atoms with Crippen molar-refractivity contribution in [3.8, 4) is 22.6 Å². The second-order valence-electron chi connectivity index (χ2n) is 7.79. The van der Waals surface area contributed by atoms with Crippen LogP contribution in [0.1, 0.15) is 33.7 Å². The topological polar surface area (TPSA) is 92.8 Å². The lowest BCUT2D eigenvalue weighted by molar-refractivity contribution is -0.140. The number of ether oxygens (including phenoxy) is 3. The smallest absolute Gasteiger partial charge is 0.305 e. The van der Waals surface area contributed by atoms with Gasteiger partial charge in [0.1, 0.15) is 0 Å². The van der Waals surface area contributed by atoms with Crippen molar-refractivity contribution in [2.75, 3.05) is 21.3 Å². The summed E-state index contributed by atoms with van der Waals surface area (Å²) in [5, 5.41) is 0.501. The van der Waals surface area contributed by atoms with Gasteiger partial charge in [-0.3, -0.25) is 9.59 Å². The van der Waals surface area contributed by atoms with E-state index in [1.54, 1.807) is 20.3 Å². The molecule has 7 nitrogen and oxygen atoms in total. The van der Waals surface area contributed by atoms with Crippen LogP contribution in [0.4, 0.5) is 0 Å². The molecule has 0 saturated heterocycles. The zero-order chi connectivity index (χ0) is 24.8. The Kier molecular flexibility index (Phi) is 8.23. The Morgan fingerprint density at radius 1 is 1.00 bits per heavy atom. The number of primary amides is 1. The third-order valence-electron chi connectivity index (χ3n) is 5.89. The Morgan fingerprint density at radius 2 is 1.71 bits per heavy atom. The van der Waals surface area contributed by atoms with Crippen molar-refractivity contribution >= 4 is 23.5 Å². The van der Waals surface area contributed by atoms with E-state index >= 15 is 0 Å². The number of hydrogen-bond acceptors (Lipinski definition) is 5. The number of halogens is 1. The molecule has 1 heterocycles. The maximum atomic E-state index is 12.6. The van der Waals surface area contributed by atoms with E-state index in [0.717, 1.165) is 17.0 Å². The van der Waals surface area contributed by atoms with Crippen LogP contribution in [0, 0.1) is 6.92 Å². The zero-order valence-electron chi connectivity index (χ0n) is 19.8. The Hall–Kier alpha value is -3.45. The van der Waals surface area contributed by atoms with Gasteiger partial charge in [-0.05, 0) is 43.5 Å².